The van der Waals surface area contributed by atoms with Gasteiger partial charge in [0.25, 0.3) is 12.1 Å². The first-order chi connectivity index (χ1) is 7.97. The third-order valence-electron chi connectivity index (χ3n) is 2.33. The third kappa shape index (κ3) is 3.10. The Bertz CT molecular complexity index is 413. The molecule has 0 aromatic heterocycles. The van der Waals surface area contributed by atoms with Gasteiger partial charge in [0, 0.05) is 43.5 Å². The second kappa shape index (κ2) is 5.53. The summed E-state index contributed by atoms with van der Waals surface area (Å²) in [4.78, 5) is 11.4. The SMILES string of the molecule is CN(CCN)c1ccc([N+](=O)[O-])cc1C(F)F. The molecular formula is C10H13F2N3O2. The fourth-order valence-corrected chi connectivity index (χ4v) is 1.49. The van der Waals surface area contributed by atoms with Crippen molar-refractivity contribution in [2.45, 2.75) is 6.43 Å². The van der Waals surface area contributed by atoms with Crippen molar-refractivity contribution in [3.63, 3.8) is 0 Å². The number of nitro groups is 1. The summed E-state index contributed by atoms with van der Waals surface area (Å²) in [6.07, 6.45) is -2.76. The topological polar surface area (TPSA) is 72.4 Å². The molecular weight excluding hydrogens is 232 g/mol. The Kier molecular flexibility index (Phi) is 4.33. The van der Waals surface area contributed by atoms with E-state index >= 15 is 0 Å². The molecule has 2 N–H and O–H groups in total. The van der Waals surface area contributed by atoms with Crippen molar-refractivity contribution < 1.29 is 13.7 Å². The molecule has 0 atom stereocenters. The van der Waals surface area contributed by atoms with Crippen LogP contribution in [0.4, 0.5) is 20.2 Å². The van der Waals surface area contributed by atoms with E-state index in [0.29, 0.717) is 13.1 Å². The number of nitro benzene ring substituents is 1. The van der Waals surface area contributed by atoms with Crippen molar-refractivity contribution >= 4 is 11.4 Å². The van der Waals surface area contributed by atoms with Crippen LogP contribution >= 0.6 is 0 Å². The fourth-order valence-electron chi connectivity index (χ4n) is 1.49. The average Bonchev–Trinajstić information content (AvgIpc) is 2.28. The monoisotopic (exact) mass is 245 g/mol. The Morgan fingerprint density at radius 2 is 2.18 bits per heavy atom. The second-order valence-electron chi connectivity index (χ2n) is 3.51. The molecule has 0 aliphatic rings. The Balaban J connectivity index is 3.17. The number of hydrogen-bond donors (Lipinski definition) is 1. The zero-order chi connectivity index (χ0) is 13.0. The van der Waals surface area contributed by atoms with Gasteiger partial charge in [-0.25, -0.2) is 8.78 Å². The molecule has 0 unspecified atom stereocenters. The lowest BCUT2D eigenvalue weighted by molar-refractivity contribution is -0.385. The van der Waals surface area contributed by atoms with E-state index in [4.69, 9.17) is 5.73 Å². The summed E-state index contributed by atoms with van der Waals surface area (Å²) in [5.74, 6) is 0. The van der Waals surface area contributed by atoms with E-state index < -0.39 is 11.3 Å². The van der Waals surface area contributed by atoms with Gasteiger partial charge in [-0.3, -0.25) is 10.1 Å². The third-order valence-corrected chi connectivity index (χ3v) is 2.33. The quantitative estimate of drug-likeness (QED) is 0.635. The molecule has 0 spiro atoms. The number of alkyl halides is 2. The van der Waals surface area contributed by atoms with Crippen LogP contribution in [0.2, 0.25) is 0 Å². The maximum atomic E-state index is 12.8. The minimum Gasteiger partial charge on any atom is -0.373 e. The van der Waals surface area contributed by atoms with Crippen LogP contribution in [-0.4, -0.2) is 25.1 Å². The Morgan fingerprint density at radius 3 is 2.65 bits per heavy atom. The number of likely N-dealkylation sites (N-methyl/N-ethyl adjacent to an activating group) is 1. The van der Waals surface area contributed by atoms with Gasteiger partial charge >= 0.3 is 0 Å². The molecule has 0 heterocycles. The van der Waals surface area contributed by atoms with Crippen molar-refractivity contribution in [3.05, 3.63) is 33.9 Å². The highest BCUT2D eigenvalue weighted by Crippen LogP contribution is 2.32. The Morgan fingerprint density at radius 1 is 1.53 bits per heavy atom. The van der Waals surface area contributed by atoms with Crippen molar-refractivity contribution in [2.75, 3.05) is 25.0 Å². The van der Waals surface area contributed by atoms with E-state index in [1.165, 1.54) is 12.1 Å². The van der Waals surface area contributed by atoms with Gasteiger partial charge in [-0.1, -0.05) is 0 Å². The van der Waals surface area contributed by atoms with Crippen LogP contribution in [0.15, 0.2) is 18.2 Å². The van der Waals surface area contributed by atoms with Crippen molar-refractivity contribution in [1.82, 2.24) is 0 Å². The van der Waals surface area contributed by atoms with E-state index in [-0.39, 0.29) is 16.9 Å². The maximum absolute atomic E-state index is 12.8. The van der Waals surface area contributed by atoms with Gasteiger partial charge in [-0.05, 0) is 6.07 Å². The van der Waals surface area contributed by atoms with Crippen molar-refractivity contribution in [2.24, 2.45) is 5.73 Å². The molecule has 0 bridgehead atoms. The summed E-state index contributed by atoms with van der Waals surface area (Å²) in [6.45, 7) is 0.716. The number of rotatable bonds is 5. The molecule has 0 aliphatic carbocycles. The first kappa shape index (κ1) is 13.3. The number of hydrogen-bond acceptors (Lipinski definition) is 4. The molecule has 94 valence electrons. The van der Waals surface area contributed by atoms with Gasteiger partial charge in [-0.2, -0.15) is 0 Å². The van der Waals surface area contributed by atoms with Gasteiger partial charge < -0.3 is 10.6 Å². The Hall–Kier alpha value is -1.76. The summed E-state index contributed by atoms with van der Waals surface area (Å²) in [7, 11) is 1.61. The molecule has 0 aliphatic heterocycles. The van der Waals surface area contributed by atoms with Crippen LogP contribution in [0.1, 0.15) is 12.0 Å². The molecule has 1 rings (SSSR count). The van der Waals surface area contributed by atoms with Crippen LogP contribution in [0.25, 0.3) is 0 Å². The molecule has 5 nitrogen and oxygen atoms in total. The Labute approximate surface area is 97.0 Å². The van der Waals surface area contributed by atoms with Gasteiger partial charge in [0.2, 0.25) is 0 Å². The number of anilines is 1. The molecule has 0 saturated carbocycles. The number of halogens is 2. The molecule has 1 aromatic rings. The fraction of sp³-hybridized carbons (Fsp3) is 0.400. The van der Waals surface area contributed by atoms with E-state index in [1.54, 1.807) is 11.9 Å². The molecule has 1 aromatic carbocycles. The van der Waals surface area contributed by atoms with E-state index in [9.17, 15) is 18.9 Å². The first-order valence-corrected chi connectivity index (χ1v) is 4.95. The highest BCUT2D eigenvalue weighted by Gasteiger charge is 2.19. The highest BCUT2D eigenvalue weighted by molar-refractivity contribution is 5.58. The summed E-state index contributed by atoms with van der Waals surface area (Å²) >= 11 is 0. The predicted octanol–water partition coefficient (Wildman–Crippen LogP) is 1.93. The summed E-state index contributed by atoms with van der Waals surface area (Å²) < 4.78 is 25.6. The molecule has 0 amide bonds. The minimum absolute atomic E-state index is 0.260. The van der Waals surface area contributed by atoms with Crippen LogP contribution < -0.4 is 10.6 Å². The van der Waals surface area contributed by atoms with Crippen LogP contribution in [0.5, 0.6) is 0 Å². The van der Waals surface area contributed by atoms with Crippen LogP contribution in [0, 0.1) is 10.1 Å². The molecule has 7 heteroatoms. The highest BCUT2D eigenvalue weighted by atomic mass is 19.3. The van der Waals surface area contributed by atoms with E-state index in [2.05, 4.69) is 0 Å². The maximum Gasteiger partial charge on any atom is 0.270 e. The van der Waals surface area contributed by atoms with Crippen LogP contribution in [0.3, 0.4) is 0 Å². The average molecular weight is 245 g/mol. The second-order valence-corrected chi connectivity index (χ2v) is 3.51. The molecule has 0 radical (unpaired) electrons. The van der Waals surface area contributed by atoms with E-state index in [1.807, 2.05) is 0 Å². The zero-order valence-electron chi connectivity index (χ0n) is 9.27. The lowest BCUT2D eigenvalue weighted by atomic mass is 10.1. The first-order valence-electron chi connectivity index (χ1n) is 4.95. The zero-order valence-corrected chi connectivity index (χ0v) is 9.27. The lowest BCUT2D eigenvalue weighted by Crippen LogP contribution is -2.26. The number of nitrogens with two attached hydrogens (primary N) is 1. The molecule has 0 saturated heterocycles. The summed E-state index contributed by atoms with van der Waals surface area (Å²) in [6, 6.07) is 3.41. The van der Waals surface area contributed by atoms with Gasteiger partial charge in [0.15, 0.2) is 0 Å². The van der Waals surface area contributed by atoms with Crippen molar-refractivity contribution in [1.29, 1.82) is 0 Å². The van der Waals surface area contributed by atoms with E-state index in [0.717, 1.165) is 6.07 Å². The minimum atomic E-state index is -2.76. The van der Waals surface area contributed by atoms with Crippen molar-refractivity contribution in [3.8, 4) is 0 Å². The largest absolute Gasteiger partial charge is 0.373 e. The normalized spacial score (nSPS) is 10.6. The number of nitrogens with zero attached hydrogens (tertiary/aromatic N) is 2. The molecule has 17 heavy (non-hydrogen) atoms. The molecule has 0 fully saturated rings. The smallest absolute Gasteiger partial charge is 0.270 e. The van der Waals surface area contributed by atoms with Gasteiger partial charge in [0.1, 0.15) is 0 Å². The summed E-state index contributed by atoms with van der Waals surface area (Å²) in [5.41, 5.74) is 4.90. The number of non-ortho nitro benzene ring substituents is 1. The van der Waals surface area contributed by atoms with Gasteiger partial charge in [-0.15, -0.1) is 0 Å². The number of benzene rings is 1. The lowest BCUT2D eigenvalue weighted by Gasteiger charge is -2.21. The van der Waals surface area contributed by atoms with Crippen LogP contribution in [-0.2, 0) is 0 Å². The predicted molar refractivity (Wildman–Crippen MR) is 60.4 cm³/mol. The summed E-state index contributed by atoms with van der Waals surface area (Å²) in [5, 5.41) is 10.5. The standard InChI is InChI=1S/C10H13F2N3O2/c1-14(5-4-13)9-3-2-7(15(16)17)6-8(9)10(11)12/h2-3,6,10H,4-5,13H2,1H3. The van der Waals surface area contributed by atoms with Gasteiger partial charge in [0.05, 0.1) is 4.92 Å².